The standard InChI is InChI=1S/C18H26FN3O2/c1-11-9-22(10-12(2)24-11)17-7-6-15(8-16(17)19)21-18(23)20-13(3)14-4-5-14/h6-8,11-14H,4-5,9-10H2,1-3H3,(H2,20,21,23). The molecule has 2 amide bonds. The van der Waals surface area contributed by atoms with Crippen LogP contribution in [0.25, 0.3) is 0 Å². The van der Waals surface area contributed by atoms with Gasteiger partial charge >= 0.3 is 6.03 Å². The molecule has 6 heteroatoms. The SMILES string of the molecule is CC1CN(c2ccc(NC(=O)NC(C)C3CC3)cc2F)CC(C)O1. The van der Waals surface area contributed by atoms with Gasteiger partial charge in [-0.05, 0) is 57.7 Å². The van der Waals surface area contributed by atoms with Crippen molar-refractivity contribution in [2.24, 2.45) is 5.92 Å². The monoisotopic (exact) mass is 335 g/mol. The fourth-order valence-electron chi connectivity index (χ4n) is 3.30. The number of ether oxygens (including phenoxy) is 1. The molecule has 24 heavy (non-hydrogen) atoms. The second-order valence-corrected chi connectivity index (χ2v) is 7.05. The first-order chi connectivity index (χ1) is 11.4. The predicted molar refractivity (Wildman–Crippen MR) is 93.0 cm³/mol. The topological polar surface area (TPSA) is 53.6 Å². The molecule has 0 radical (unpaired) electrons. The highest BCUT2D eigenvalue weighted by atomic mass is 19.1. The van der Waals surface area contributed by atoms with Crippen LogP contribution in [0.4, 0.5) is 20.6 Å². The highest BCUT2D eigenvalue weighted by Gasteiger charge is 2.29. The smallest absolute Gasteiger partial charge is 0.319 e. The lowest BCUT2D eigenvalue weighted by Gasteiger charge is -2.37. The van der Waals surface area contributed by atoms with Gasteiger partial charge in [0.05, 0.1) is 17.9 Å². The van der Waals surface area contributed by atoms with Gasteiger partial charge in [0.15, 0.2) is 0 Å². The van der Waals surface area contributed by atoms with E-state index in [4.69, 9.17) is 4.74 Å². The van der Waals surface area contributed by atoms with Gasteiger partial charge in [-0.1, -0.05) is 0 Å². The molecule has 3 unspecified atom stereocenters. The van der Waals surface area contributed by atoms with Gasteiger partial charge in [0.2, 0.25) is 0 Å². The van der Waals surface area contributed by atoms with Crippen LogP contribution in [0.3, 0.4) is 0 Å². The lowest BCUT2D eigenvalue weighted by Crippen LogP contribution is -2.45. The third-order valence-corrected chi connectivity index (χ3v) is 4.65. The van der Waals surface area contributed by atoms with Crippen LogP contribution in [-0.2, 0) is 4.74 Å². The van der Waals surface area contributed by atoms with E-state index in [0.29, 0.717) is 30.4 Å². The summed E-state index contributed by atoms with van der Waals surface area (Å²) in [6.07, 6.45) is 2.48. The molecule has 0 bridgehead atoms. The number of benzene rings is 1. The molecular weight excluding hydrogens is 309 g/mol. The first-order valence-electron chi connectivity index (χ1n) is 8.70. The Hall–Kier alpha value is -1.82. The van der Waals surface area contributed by atoms with Gasteiger partial charge in [0.1, 0.15) is 5.82 Å². The Morgan fingerprint density at radius 1 is 1.29 bits per heavy atom. The molecular formula is C18H26FN3O2. The summed E-state index contributed by atoms with van der Waals surface area (Å²) >= 11 is 0. The molecule has 2 N–H and O–H groups in total. The minimum Gasteiger partial charge on any atom is -0.372 e. The van der Waals surface area contributed by atoms with Crippen LogP contribution in [0.5, 0.6) is 0 Å². The van der Waals surface area contributed by atoms with Crippen LogP contribution >= 0.6 is 0 Å². The van der Waals surface area contributed by atoms with E-state index in [2.05, 4.69) is 10.6 Å². The Morgan fingerprint density at radius 3 is 2.54 bits per heavy atom. The molecule has 3 atom stereocenters. The van der Waals surface area contributed by atoms with Gasteiger partial charge < -0.3 is 20.3 Å². The highest BCUT2D eigenvalue weighted by molar-refractivity contribution is 5.89. The quantitative estimate of drug-likeness (QED) is 0.887. The average molecular weight is 335 g/mol. The lowest BCUT2D eigenvalue weighted by atomic mass is 10.2. The zero-order chi connectivity index (χ0) is 17.3. The largest absolute Gasteiger partial charge is 0.372 e. The van der Waals surface area contributed by atoms with Crippen molar-refractivity contribution in [2.75, 3.05) is 23.3 Å². The minimum absolute atomic E-state index is 0.0700. The molecule has 1 aromatic carbocycles. The average Bonchev–Trinajstić information content (AvgIpc) is 3.30. The van der Waals surface area contributed by atoms with E-state index in [0.717, 1.165) is 0 Å². The zero-order valence-electron chi connectivity index (χ0n) is 14.5. The first kappa shape index (κ1) is 17.0. The molecule has 5 nitrogen and oxygen atoms in total. The number of carbonyl (C=O) groups excluding carboxylic acids is 1. The number of hydrogen-bond donors (Lipinski definition) is 2. The van der Waals surface area contributed by atoms with Crippen molar-refractivity contribution in [3.05, 3.63) is 24.0 Å². The number of nitrogens with zero attached hydrogens (tertiary/aromatic N) is 1. The molecule has 1 saturated heterocycles. The molecule has 1 heterocycles. The molecule has 0 spiro atoms. The van der Waals surface area contributed by atoms with Crippen LogP contribution < -0.4 is 15.5 Å². The van der Waals surface area contributed by atoms with Gasteiger partial charge in [0, 0.05) is 24.8 Å². The molecule has 1 saturated carbocycles. The summed E-state index contributed by atoms with van der Waals surface area (Å²) in [5.74, 6) is 0.254. The van der Waals surface area contributed by atoms with Crippen LogP contribution in [0, 0.1) is 11.7 Å². The second kappa shape index (κ2) is 6.97. The van der Waals surface area contributed by atoms with Crippen molar-refractivity contribution in [1.82, 2.24) is 5.32 Å². The van der Waals surface area contributed by atoms with Crippen LogP contribution in [0.15, 0.2) is 18.2 Å². The fourth-order valence-corrected chi connectivity index (χ4v) is 3.30. The van der Waals surface area contributed by atoms with Crippen LogP contribution in [0.1, 0.15) is 33.6 Å². The zero-order valence-corrected chi connectivity index (χ0v) is 14.5. The van der Waals surface area contributed by atoms with E-state index in [1.807, 2.05) is 25.7 Å². The Kier molecular flexibility index (Phi) is 4.94. The maximum absolute atomic E-state index is 14.5. The third-order valence-electron chi connectivity index (χ3n) is 4.65. The summed E-state index contributed by atoms with van der Waals surface area (Å²) in [6.45, 7) is 7.30. The van der Waals surface area contributed by atoms with Crippen molar-refractivity contribution in [3.63, 3.8) is 0 Å². The van der Waals surface area contributed by atoms with Gasteiger partial charge in [-0.3, -0.25) is 0 Å². The number of carbonyl (C=O) groups is 1. The molecule has 2 aliphatic rings. The Labute approximate surface area is 142 Å². The van der Waals surface area contributed by atoms with Gasteiger partial charge in [-0.25, -0.2) is 9.18 Å². The molecule has 132 valence electrons. The lowest BCUT2D eigenvalue weighted by molar-refractivity contribution is -0.00539. The fraction of sp³-hybridized carbons (Fsp3) is 0.611. The summed E-state index contributed by atoms with van der Waals surface area (Å²) in [5, 5.41) is 5.61. The molecule has 1 aliphatic carbocycles. The van der Waals surface area contributed by atoms with Crippen molar-refractivity contribution < 1.29 is 13.9 Å². The molecule has 0 aromatic heterocycles. The Bertz CT molecular complexity index is 596. The maximum Gasteiger partial charge on any atom is 0.319 e. The summed E-state index contributed by atoms with van der Waals surface area (Å²) in [4.78, 5) is 14.0. The summed E-state index contributed by atoms with van der Waals surface area (Å²) in [6, 6.07) is 4.71. The van der Waals surface area contributed by atoms with Crippen LogP contribution in [-0.4, -0.2) is 37.4 Å². The number of rotatable bonds is 4. The van der Waals surface area contributed by atoms with E-state index in [9.17, 15) is 9.18 Å². The molecule has 2 fully saturated rings. The Balaban J connectivity index is 1.62. The van der Waals surface area contributed by atoms with E-state index < -0.39 is 0 Å². The number of halogens is 1. The summed E-state index contributed by atoms with van der Waals surface area (Å²) in [5.41, 5.74) is 1.01. The van der Waals surface area contributed by atoms with Crippen LogP contribution in [0.2, 0.25) is 0 Å². The van der Waals surface area contributed by atoms with Crippen molar-refractivity contribution in [2.45, 2.75) is 51.9 Å². The number of morpholine rings is 1. The highest BCUT2D eigenvalue weighted by Crippen LogP contribution is 2.32. The van der Waals surface area contributed by atoms with Crippen molar-refractivity contribution in [1.29, 1.82) is 0 Å². The number of anilines is 2. The van der Waals surface area contributed by atoms with E-state index in [1.54, 1.807) is 12.1 Å². The second-order valence-electron chi connectivity index (χ2n) is 7.05. The molecule has 3 rings (SSSR count). The van der Waals surface area contributed by atoms with Gasteiger partial charge in [-0.2, -0.15) is 0 Å². The number of amides is 2. The van der Waals surface area contributed by atoms with E-state index in [1.165, 1.54) is 18.9 Å². The molecule has 1 aromatic rings. The molecule has 1 aliphatic heterocycles. The minimum atomic E-state index is -0.329. The summed E-state index contributed by atoms with van der Waals surface area (Å²) in [7, 11) is 0. The summed E-state index contributed by atoms with van der Waals surface area (Å²) < 4.78 is 20.2. The predicted octanol–water partition coefficient (Wildman–Crippen LogP) is 3.36. The number of hydrogen-bond acceptors (Lipinski definition) is 3. The van der Waals surface area contributed by atoms with E-state index >= 15 is 0 Å². The number of urea groups is 1. The first-order valence-corrected chi connectivity index (χ1v) is 8.70. The van der Waals surface area contributed by atoms with Gasteiger partial charge in [-0.15, -0.1) is 0 Å². The normalized spacial score (nSPS) is 25.2. The Morgan fingerprint density at radius 2 is 1.96 bits per heavy atom. The van der Waals surface area contributed by atoms with Crippen molar-refractivity contribution >= 4 is 17.4 Å². The maximum atomic E-state index is 14.5. The third kappa shape index (κ3) is 4.17. The number of nitrogens with one attached hydrogen (secondary N) is 2. The van der Waals surface area contributed by atoms with Gasteiger partial charge in [0.25, 0.3) is 0 Å². The van der Waals surface area contributed by atoms with Crippen molar-refractivity contribution in [3.8, 4) is 0 Å². The van der Waals surface area contributed by atoms with E-state index in [-0.39, 0.29) is 30.1 Å².